The molecule has 0 saturated carbocycles. The Morgan fingerprint density at radius 2 is 2.05 bits per heavy atom. The van der Waals surface area contributed by atoms with Gasteiger partial charge in [0.25, 0.3) is 5.69 Å². The number of Topliss-reactive ketones (excluding diaryl/α,β-unsaturated/α-hetero) is 1. The van der Waals surface area contributed by atoms with Crippen LogP contribution >= 0.6 is 12.2 Å². The maximum atomic E-state index is 11.9. The number of nitrogens with one attached hydrogen (secondary N) is 2. The van der Waals surface area contributed by atoms with Gasteiger partial charge in [-0.3, -0.25) is 14.9 Å². The summed E-state index contributed by atoms with van der Waals surface area (Å²) in [5.41, 5.74) is -0.0366. The first kappa shape index (κ1) is 15.0. The maximum Gasteiger partial charge on any atom is 0.280 e. The van der Waals surface area contributed by atoms with E-state index in [-0.39, 0.29) is 23.5 Å². The summed E-state index contributed by atoms with van der Waals surface area (Å²) in [5, 5.41) is 17.0. The molecule has 102 valence electrons. The number of carbonyl (C=O) groups excluding carboxylic acids is 1. The molecule has 0 aliphatic heterocycles. The van der Waals surface area contributed by atoms with E-state index in [1.807, 2.05) is 6.92 Å². The number of nitro groups is 1. The van der Waals surface area contributed by atoms with Crippen LogP contribution in [0, 0.1) is 10.1 Å². The molecule has 0 aromatic heterocycles. The normalized spacial score (nSPS) is 9.74. The van der Waals surface area contributed by atoms with Crippen LogP contribution in [0.2, 0.25) is 0 Å². The fraction of sp³-hybridized carbons (Fsp3) is 0.333. The lowest BCUT2D eigenvalue weighted by atomic mass is 10.1. The fourth-order valence-corrected chi connectivity index (χ4v) is 1.76. The zero-order chi connectivity index (χ0) is 14.3. The molecule has 0 spiro atoms. The van der Waals surface area contributed by atoms with Gasteiger partial charge in [0.1, 0.15) is 0 Å². The second kappa shape index (κ2) is 7.42. The Labute approximate surface area is 116 Å². The second-order valence-electron chi connectivity index (χ2n) is 3.73. The Morgan fingerprint density at radius 3 is 2.68 bits per heavy atom. The summed E-state index contributed by atoms with van der Waals surface area (Å²) in [6.07, 6.45) is 0.149. The molecule has 0 unspecified atom stereocenters. The molecular formula is C12H15N3O3S. The first-order valence-electron chi connectivity index (χ1n) is 5.84. The van der Waals surface area contributed by atoms with Gasteiger partial charge in [-0.15, -0.1) is 0 Å². The molecule has 0 bridgehead atoms. The van der Waals surface area contributed by atoms with Gasteiger partial charge in [0.2, 0.25) is 0 Å². The minimum Gasteiger partial charge on any atom is -0.363 e. The Kier molecular flexibility index (Phi) is 5.87. The summed E-state index contributed by atoms with van der Waals surface area (Å²) in [7, 11) is 0. The van der Waals surface area contributed by atoms with Crippen molar-refractivity contribution >= 4 is 28.8 Å². The first-order chi connectivity index (χ1) is 9.06. The smallest absolute Gasteiger partial charge is 0.280 e. The predicted octanol–water partition coefficient (Wildman–Crippen LogP) is 1.65. The molecule has 7 heteroatoms. The molecule has 0 saturated heterocycles. The standard InChI is InChI=1S/C12H15N3O3S/c1-2-13-12(19)14-8-7-11(16)9-5-3-4-6-10(9)15(17)18/h3-6H,2,7-8H2,1H3,(H2,13,14,19). The molecule has 19 heavy (non-hydrogen) atoms. The first-order valence-corrected chi connectivity index (χ1v) is 6.25. The van der Waals surface area contributed by atoms with Crippen LogP contribution in [0.1, 0.15) is 23.7 Å². The summed E-state index contributed by atoms with van der Waals surface area (Å²) in [6, 6.07) is 5.93. The van der Waals surface area contributed by atoms with Crippen LogP contribution in [0.25, 0.3) is 0 Å². The van der Waals surface area contributed by atoms with E-state index in [1.165, 1.54) is 18.2 Å². The molecule has 0 atom stereocenters. The Balaban J connectivity index is 2.59. The third kappa shape index (κ3) is 4.63. The Hall–Kier alpha value is -2.02. The number of hydrogen-bond donors (Lipinski definition) is 2. The molecule has 0 aliphatic carbocycles. The summed E-state index contributed by atoms with van der Waals surface area (Å²) in [5.74, 6) is -0.279. The van der Waals surface area contributed by atoms with Crippen LogP contribution in [-0.2, 0) is 0 Å². The Bertz CT molecular complexity index is 491. The van der Waals surface area contributed by atoms with Crippen molar-refractivity contribution < 1.29 is 9.72 Å². The van der Waals surface area contributed by atoms with E-state index in [4.69, 9.17) is 12.2 Å². The molecule has 0 heterocycles. The van der Waals surface area contributed by atoms with Crippen LogP contribution in [-0.4, -0.2) is 28.9 Å². The van der Waals surface area contributed by atoms with Gasteiger partial charge < -0.3 is 10.6 Å². The third-order valence-electron chi connectivity index (χ3n) is 2.38. The number of benzene rings is 1. The fourth-order valence-electron chi connectivity index (χ4n) is 1.52. The number of rotatable bonds is 6. The number of para-hydroxylation sites is 1. The van der Waals surface area contributed by atoms with Gasteiger partial charge >= 0.3 is 0 Å². The summed E-state index contributed by atoms with van der Waals surface area (Å²) in [6.45, 7) is 2.95. The second-order valence-corrected chi connectivity index (χ2v) is 4.14. The van der Waals surface area contributed by atoms with E-state index in [0.29, 0.717) is 18.2 Å². The van der Waals surface area contributed by atoms with E-state index in [2.05, 4.69) is 10.6 Å². The molecule has 6 nitrogen and oxygen atoms in total. The van der Waals surface area contributed by atoms with Crippen molar-refractivity contribution in [2.75, 3.05) is 13.1 Å². The molecule has 0 aliphatic rings. The molecule has 1 aromatic rings. The highest BCUT2D eigenvalue weighted by Gasteiger charge is 2.18. The van der Waals surface area contributed by atoms with Crippen LogP contribution < -0.4 is 10.6 Å². The average Bonchev–Trinajstić information content (AvgIpc) is 2.38. The van der Waals surface area contributed by atoms with Crippen molar-refractivity contribution in [2.24, 2.45) is 0 Å². The zero-order valence-corrected chi connectivity index (χ0v) is 11.3. The van der Waals surface area contributed by atoms with Crippen LogP contribution in [0.5, 0.6) is 0 Å². The number of hydrogen-bond acceptors (Lipinski definition) is 4. The van der Waals surface area contributed by atoms with Crippen molar-refractivity contribution in [3.8, 4) is 0 Å². The molecular weight excluding hydrogens is 266 g/mol. The lowest BCUT2D eigenvalue weighted by Crippen LogP contribution is -2.36. The highest BCUT2D eigenvalue weighted by atomic mass is 32.1. The maximum absolute atomic E-state index is 11.9. The van der Waals surface area contributed by atoms with Gasteiger partial charge in [-0.25, -0.2) is 0 Å². The van der Waals surface area contributed by atoms with Crippen LogP contribution in [0.4, 0.5) is 5.69 Å². The van der Waals surface area contributed by atoms with E-state index in [0.717, 1.165) is 0 Å². The van der Waals surface area contributed by atoms with Gasteiger partial charge in [0, 0.05) is 25.6 Å². The SMILES string of the molecule is CCNC(=S)NCCC(=O)c1ccccc1[N+](=O)[O-]. The lowest BCUT2D eigenvalue weighted by molar-refractivity contribution is -0.385. The number of ketones is 1. The average molecular weight is 281 g/mol. The summed E-state index contributed by atoms with van der Waals surface area (Å²) in [4.78, 5) is 22.1. The monoisotopic (exact) mass is 281 g/mol. The zero-order valence-electron chi connectivity index (χ0n) is 10.5. The number of carbonyl (C=O) groups is 1. The topological polar surface area (TPSA) is 84.3 Å². The van der Waals surface area contributed by atoms with E-state index in [9.17, 15) is 14.9 Å². The van der Waals surface area contributed by atoms with Crippen molar-refractivity contribution in [2.45, 2.75) is 13.3 Å². The molecule has 0 amide bonds. The van der Waals surface area contributed by atoms with E-state index >= 15 is 0 Å². The van der Waals surface area contributed by atoms with Crippen molar-refractivity contribution in [3.05, 3.63) is 39.9 Å². The summed E-state index contributed by atoms with van der Waals surface area (Å²) >= 11 is 4.95. The highest BCUT2D eigenvalue weighted by molar-refractivity contribution is 7.80. The molecule has 2 N–H and O–H groups in total. The number of nitro benzene ring substituents is 1. The van der Waals surface area contributed by atoms with Crippen LogP contribution in [0.15, 0.2) is 24.3 Å². The lowest BCUT2D eigenvalue weighted by Gasteiger charge is -2.08. The minimum atomic E-state index is -0.552. The number of thiocarbonyl (C=S) groups is 1. The van der Waals surface area contributed by atoms with Gasteiger partial charge in [0.15, 0.2) is 10.9 Å². The molecule has 0 fully saturated rings. The van der Waals surface area contributed by atoms with E-state index in [1.54, 1.807) is 6.07 Å². The highest BCUT2D eigenvalue weighted by Crippen LogP contribution is 2.18. The van der Waals surface area contributed by atoms with Gasteiger partial charge in [0.05, 0.1) is 10.5 Å². The van der Waals surface area contributed by atoms with Crippen LogP contribution in [0.3, 0.4) is 0 Å². The molecule has 0 radical (unpaired) electrons. The van der Waals surface area contributed by atoms with Gasteiger partial charge in [-0.05, 0) is 25.2 Å². The minimum absolute atomic E-state index is 0.128. The third-order valence-corrected chi connectivity index (χ3v) is 2.66. The Morgan fingerprint density at radius 1 is 1.37 bits per heavy atom. The van der Waals surface area contributed by atoms with Crippen molar-refractivity contribution in [1.29, 1.82) is 0 Å². The quantitative estimate of drug-likeness (QED) is 0.357. The molecule has 1 aromatic carbocycles. The van der Waals surface area contributed by atoms with E-state index < -0.39 is 4.92 Å². The largest absolute Gasteiger partial charge is 0.363 e. The van der Waals surface area contributed by atoms with Crippen molar-refractivity contribution in [3.63, 3.8) is 0 Å². The molecule has 1 rings (SSSR count). The van der Waals surface area contributed by atoms with Gasteiger partial charge in [-0.2, -0.15) is 0 Å². The van der Waals surface area contributed by atoms with Crippen molar-refractivity contribution in [1.82, 2.24) is 10.6 Å². The van der Waals surface area contributed by atoms with Gasteiger partial charge in [-0.1, -0.05) is 12.1 Å². The predicted molar refractivity (Wildman–Crippen MR) is 76.3 cm³/mol. The number of nitrogens with zero attached hydrogens (tertiary/aromatic N) is 1. The summed E-state index contributed by atoms with van der Waals surface area (Å²) < 4.78 is 0.